The molecule has 10 heteroatoms. The van der Waals surface area contributed by atoms with Gasteiger partial charge in [0.25, 0.3) is 5.91 Å². The van der Waals surface area contributed by atoms with Crippen molar-refractivity contribution in [2.24, 2.45) is 4.99 Å². The van der Waals surface area contributed by atoms with Crippen molar-refractivity contribution in [1.29, 1.82) is 5.26 Å². The van der Waals surface area contributed by atoms with E-state index in [4.69, 9.17) is 26.3 Å². The van der Waals surface area contributed by atoms with Crippen molar-refractivity contribution in [3.05, 3.63) is 50.7 Å². The Hall–Kier alpha value is -2.77. The van der Waals surface area contributed by atoms with Crippen molar-refractivity contribution in [3.63, 3.8) is 0 Å². The zero-order valence-corrected chi connectivity index (χ0v) is 19.7. The number of Topliss-reactive ketones (excluding diaryl/α,β-unsaturated/α-hetero) is 1. The number of anilines is 1. The number of hydrogen-bond acceptors (Lipinski definition) is 7. The minimum atomic E-state index is -1.06. The summed E-state index contributed by atoms with van der Waals surface area (Å²) in [5, 5.41) is 11.9. The van der Waals surface area contributed by atoms with Crippen LogP contribution in [-0.4, -0.2) is 56.0 Å². The first kappa shape index (κ1) is 23.4. The van der Waals surface area contributed by atoms with Crippen LogP contribution in [0.15, 0.2) is 35.3 Å². The molecule has 0 unspecified atom stereocenters. The number of aryl methyl sites for hydroxylation is 1. The molecule has 3 heterocycles. The number of carbonyl (C=O) groups is 2. The van der Waals surface area contributed by atoms with Gasteiger partial charge < -0.3 is 19.7 Å². The van der Waals surface area contributed by atoms with Gasteiger partial charge in [-0.15, -0.1) is 11.3 Å². The molecular formula is C23H23ClN4O4S. The highest BCUT2D eigenvalue weighted by Crippen LogP contribution is 2.28. The van der Waals surface area contributed by atoms with Gasteiger partial charge in [-0.05, 0) is 36.2 Å². The van der Waals surface area contributed by atoms with Crippen LogP contribution in [0.3, 0.4) is 0 Å². The second kappa shape index (κ2) is 10.0. The summed E-state index contributed by atoms with van der Waals surface area (Å²) in [7, 11) is 0. The number of thiophene rings is 1. The zero-order valence-electron chi connectivity index (χ0n) is 18.1. The number of benzene rings is 1. The Balaban J connectivity index is 1.51. The molecule has 0 saturated carbocycles. The van der Waals surface area contributed by atoms with E-state index in [9.17, 15) is 9.59 Å². The maximum absolute atomic E-state index is 13.3. The van der Waals surface area contributed by atoms with E-state index in [2.05, 4.69) is 10.3 Å². The minimum Gasteiger partial charge on any atom is -0.378 e. The molecule has 0 radical (unpaired) electrons. The molecule has 2 saturated heterocycles. The van der Waals surface area contributed by atoms with Crippen LogP contribution in [0.1, 0.15) is 27.2 Å². The van der Waals surface area contributed by atoms with Crippen LogP contribution >= 0.6 is 22.9 Å². The third kappa shape index (κ3) is 5.09. The molecule has 1 N–H and O–H groups in total. The average Bonchev–Trinajstić information content (AvgIpc) is 3.45. The van der Waals surface area contributed by atoms with Crippen LogP contribution in [0.2, 0.25) is 4.34 Å². The fourth-order valence-corrected chi connectivity index (χ4v) is 5.03. The normalized spacial score (nSPS) is 21.7. The largest absolute Gasteiger partial charge is 0.378 e. The fourth-order valence-electron chi connectivity index (χ4n) is 4.09. The van der Waals surface area contributed by atoms with E-state index >= 15 is 0 Å². The maximum Gasteiger partial charge on any atom is 0.262 e. The van der Waals surface area contributed by atoms with Crippen molar-refractivity contribution in [2.45, 2.75) is 25.3 Å². The molecule has 0 aliphatic carbocycles. The van der Waals surface area contributed by atoms with Gasteiger partial charge in [0.1, 0.15) is 18.0 Å². The van der Waals surface area contributed by atoms with E-state index < -0.39 is 5.54 Å². The number of carbonyl (C=O) groups excluding carboxylic acids is 2. The number of hydrogen-bond donors (Lipinski definition) is 1. The molecule has 2 fully saturated rings. The number of morpholine rings is 1. The minimum absolute atomic E-state index is 0.0961. The molecule has 8 nitrogen and oxygen atoms in total. The Bertz CT molecular complexity index is 1130. The van der Waals surface area contributed by atoms with Gasteiger partial charge in [0.05, 0.1) is 22.4 Å². The van der Waals surface area contributed by atoms with Crippen molar-refractivity contribution in [1.82, 2.24) is 5.32 Å². The number of ether oxygens (including phenoxy) is 2. The summed E-state index contributed by atoms with van der Waals surface area (Å²) in [6.45, 7) is 3.94. The molecule has 1 aromatic heterocycles. The van der Waals surface area contributed by atoms with E-state index in [0.29, 0.717) is 41.2 Å². The van der Waals surface area contributed by atoms with Gasteiger partial charge in [-0.1, -0.05) is 23.7 Å². The van der Waals surface area contributed by atoms with Crippen molar-refractivity contribution >= 4 is 46.2 Å². The first-order chi connectivity index (χ1) is 15.9. The maximum atomic E-state index is 13.3. The Labute approximate surface area is 200 Å². The Morgan fingerprint density at radius 3 is 2.82 bits per heavy atom. The van der Waals surface area contributed by atoms with Gasteiger partial charge in [0.15, 0.2) is 5.78 Å². The lowest BCUT2D eigenvalue weighted by Gasteiger charge is -2.31. The molecule has 172 valence electrons. The van der Waals surface area contributed by atoms with Gasteiger partial charge >= 0.3 is 0 Å². The lowest BCUT2D eigenvalue weighted by Crippen LogP contribution is -2.55. The summed E-state index contributed by atoms with van der Waals surface area (Å²) >= 11 is 7.12. The highest BCUT2D eigenvalue weighted by molar-refractivity contribution is 7.18. The van der Waals surface area contributed by atoms with E-state index in [0.717, 1.165) is 16.8 Å². The molecule has 4 rings (SSSR count). The van der Waals surface area contributed by atoms with Crippen LogP contribution in [0.25, 0.3) is 0 Å². The Morgan fingerprint density at radius 1 is 1.30 bits per heavy atom. The number of amides is 1. The van der Waals surface area contributed by atoms with Crippen LogP contribution < -0.4 is 10.2 Å². The van der Waals surface area contributed by atoms with Crippen LogP contribution in [0, 0.1) is 18.4 Å². The van der Waals surface area contributed by atoms with Crippen LogP contribution in [-0.2, 0) is 20.7 Å². The third-order valence-electron chi connectivity index (χ3n) is 5.80. The molecule has 0 spiro atoms. The number of nitrogens with zero attached hydrogens (tertiary/aromatic N) is 3. The molecule has 33 heavy (non-hydrogen) atoms. The zero-order chi connectivity index (χ0) is 23.4. The van der Waals surface area contributed by atoms with E-state index in [1.54, 1.807) is 12.1 Å². The standard InChI is InChI=1S/C23H23ClN4O4S/c1-15-10-16(2-3-17(15)28-7-9-31-12-21(28)26-14-25)11-19(29)23(6-8-32-13-23)27-22(30)18-4-5-20(24)33-18/h2-5,10H,6-9,11-13H2,1H3,(H,27,30)/t23-/m1/s1. The first-order valence-electron chi connectivity index (χ1n) is 10.5. The first-order valence-corrected chi connectivity index (χ1v) is 11.7. The summed E-state index contributed by atoms with van der Waals surface area (Å²) < 4.78 is 11.4. The highest BCUT2D eigenvalue weighted by Gasteiger charge is 2.43. The van der Waals surface area contributed by atoms with Crippen molar-refractivity contribution in [2.75, 3.05) is 37.9 Å². The van der Waals surface area contributed by atoms with Crippen molar-refractivity contribution < 1.29 is 19.1 Å². The second-order valence-electron chi connectivity index (χ2n) is 8.00. The van der Waals surface area contributed by atoms with E-state index in [-0.39, 0.29) is 31.3 Å². The number of nitrogens with one attached hydrogen (secondary N) is 1. The van der Waals surface area contributed by atoms with E-state index in [1.807, 2.05) is 36.2 Å². The van der Waals surface area contributed by atoms with Crippen LogP contribution in [0.5, 0.6) is 0 Å². The molecule has 2 aliphatic heterocycles. The Kier molecular flexibility index (Phi) is 7.10. The predicted octanol–water partition coefficient (Wildman–Crippen LogP) is 3.13. The number of rotatable bonds is 6. The molecule has 1 aromatic carbocycles. The predicted molar refractivity (Wildman–Crippen MR) is 126 cm³/mol. The fraction of sp³-hybridized carbons (Fsp3) is 0.391. The lowest BCUT2D eigenvalue weighted by molar-refractivity contribution is -0.124. The smallest absolute Gasteiger partial charge is 0.262 e. The molecule has 1 amide bonds. The van der Waals surface area contributed by atoms with Gasteiger partial charge in [-0.3, -0.25) is 9.59 Å². The number of aliphatic imine (C=N–C) groups is 1. The molecule has 2 aliphatic rings. The summed E-state index contributed by atoms with van der Waals surface area (Å²) in [6, 6.07) is 9.08. The topological polar surface area (TPSA) is 104 Å². The van der Waals surface area contributed by atoms with Gasteiger partial charge in [-0.2, -0.15) is 10.3 Å². The summed E-state index contributed by atoms with van der Waals surface area (Å²) in [5.74, 6) is 0.143. The Morgan fingerprint density at radius 2 is 2.15 bits per heavy atom. The third-order valence-corrected chi connectivity index (χ3v) is 7.03. The number of ketones is 1. The number of amidine groups is 1. The van der Waals surface area contributed by atoms with Crippen molar-refractivity contribution in [3.8, 4) is 6.19 Å². The van der Waals surface area contributed by atoms with Gasteiger partial charge in [0, 0.05) is 31.7 Å². The lowest BCUT2D eigenvalue weighted by atomic mass is 9.88. The molecule has 1 atom stereocenters. The summed E-state index contributed by atoms with van der Waals surface area (Å²) in [4.78, 5) is 32.4. The number of halogens is 1. The molecule has 2 aromatic rings. The molecule has 0 bridgehead atoms. The van der Waals surface area contributed by atoms with Crippen LogP contribution in [0.4, 0.5) is 5.69 Å². The van der Waals surface area contributed by atoms with Gasteiger partial charge in [0.2, 0.25) is 6.19 Å². The summed E-state index contributed by atoms with van der Waals surface area (Å²) in [5.41, 5.74) is 1.66. The SMILES string of the molecule is Cc1cc(CC(=O)[C@@]2(NC(=O)c3ccc(Cl)s3)CCOC2)ccc1N1CCOCC1=NC#N. The van der Waals surface area contributed by atoms with E-state index in [1.165, 1.54) is 11.3 Å². The monoisotopic (exact) mass is 486 g/mol. The number of nitriles is 1. The van der Waals surface area contributed by atoms with Gasteiger partial charge in [-0.25, -0.2) is 0 Å². The highest BCUT2D eigenvalue weighted by atomic mass is 35.5. The second-order valence-corrected chi connectivity index (χ2v) is 9.71. The average molecular weight is 487 g/mol. The quantitative estimate of drug-likeness (QED) is 0.629. The summed E-state index contributed by atoms with van der Waals surface area (Å²) in [6.07, 6.45) is 2.42. The molecular weight excluding hydrogens is 464 g/mol.